The molecule has 0 unspecified atom stereocenters. The first-order valence-electron chi connectivity index (χ1n) is 7.74. The maximum absolute atomic E-state index is 9.10. The first-order chi connectivity index (χ1) is 11.6. The van der Waals surface area contributed by atoms with Crippen molar-refractivity contribution in [1.82, 2.24) is 10.2 Å². The highest BCUT2D eigenvalue weighted by atomic mass is 16.5. The molecule has 0 aromatic heterocycles. The van der Waals surface area contributed by atoms with Gasteiger partial charge in [0.15, 0.2) is 0 Å². The second kappa shape index (κ2) is 12.3. The molecule has 0 bridgehead atoms. The van der Waals surface area contributed by atoms with Gasteiger partial charge in [0, 0.05) is 32.7 Å². The van der Waals surface area contributed by atoms with Crippen LogP contribution in [0.15, 0.2) is 30.3 Å². The Labute approximate surface area is 141 Å². The van der Waals surface area contributed by atoms with E-state index >= 15 is 0 Å². The van der Waals surface area contributed by atoms with Crippen molar-refractivity contribution in [2.45, 2.75) is 0 Å². The smallest absolute Gasteiger partial charge is 0.414 e. The molecule has 24 heavy (non-hydrogen) atoms. The molecule has 1 aliphatic rings. The summed E-state index contributed by atoms with van der Waals surface area (Å²) in [5, 5.41) is 18.1. The molecule has 1 aliphatic heterocycles. The summed E-state index contributed by atoms with van der Waals surface area (Å²) in [6.45, 7) is 7.53. The highest BCUT2D eigenvalue weighted by molar-refractivity contribution is 6.27. The number of ether oxygens (including phenoxy) is 2. The molecule has 0 amide bonds. The van der Waals surface area contributed by atoms with Gasteiger partial charge in [-0.15, -0.1) is 0 Å². The second-order valence-corrected chi connectivity index (χ2v) is 4.98. The van der Waals surface area contributed by atoms with Crippen LogP contribution in [0.1, 0.15) is 0 Å². The number of nitrogens with one attached hydrogen (secondary N) is 1. The Morgan fingerprint density at radius 3 is 2.21 bits per heavy atom. The van der Waals surface area contributed by atoms with Crippen LogP contribution >= 0.6 is 0 Å². The zero-order chi connectivity index (χ0) is 17.6. The normalized spacial score (nSPS) is 14.3. The van der Waals surface area contributed by atoms with E-state index in [4.69, 9.17) is 29.3 Å². The lowest BCUT2D eigenvalue weighted by Gasteiger charge is -2.26. The summed E-state index contributed by atoms with van der Waals surface area (Å²) in [6.07, 6.45) is 0. The molecule has 1 aromatic rings. The quantitative estimate of drug-likeness (QED) is 0.475. The lowest BCUT2D eigenvalue weighted by Crippen LogP contribution is -2.44. The molecule has 3 N–H and O–H groups in total. The molecule has 1 fully saturated rings. The van der Waals surface area contributed by atoms with Crippen molar-refractivity contribution in [1.29, 1.82) is 0 Å². The molecule has 0 atom stereocenters. The third-order valence-electron chi connectivity index (χ3n) is 3.18. The summed E-state index contributed by atoms with van der Waals surface area (Å²) in [5.41, 5.74) is 0. The van der Waals surface area contributed by atoms with Gasteiger partial charge in [0.05, 0.1) is 13.2 Å². The minimum atomic E-state index is -1.82. The van der Waals surface area contributed by atoms with E-state index in [2.05, 4.69) is 10.2 Å². The van der Waals surface area contributed by atoms with E-state index in [9.17, 15) is 0 Å². The summed E-state index contributed by atoms with van der Waals surface area (Å²) in [4.78, 5) is 20.6. The predicted molar refractivity (Wildman–Crippen MR) is 87.3 cm³/mol. The Kier molecular flexibility index (Phi) is 10.2. The van der Waals surface area contributed by atoms with Gasteiger partial charge >= 0.3 is 11.9 Å². The van der Waals surface area contributed by atoms with E-state index < -0.39 is 11.9 Å². The molecule has 1 heterocycles. The highest BCUT2D eigenvalue weighted by Crippen LogP contribution is 2.07. The van der Waals surface area contributed by atoms with Crippen LogP contribution in [0.3, 0.4) is 0 Å². The van der Waals surface area contributed by atoms with E-state index in [0.29, 0.717) is 13.2 Å². The van der Waals surface area contributed by atoms with Crippen LogP contribution in [0.25, 0.3) is 0 Å². The zero-order valence-corrected chi connectivity index (χ0v) is 13.5. The number of piperazine rings is 1. The van der Waals surface area contributed by atoms with Crippen molar-refractivity contribution in [3.63, 3.8) is 0 Å². The van der Waals surface area contributed by atoms with Crippen LogP contribution in [-0.2, 0) is 14.3 Å². The van der Waals surface area contributed by atoms with Gasteiger partial charge in [0.2, 0.25) is 0 Å². The predicted octanol–water partition coefficient (Wildman–Crippen LogP) is 0.143. The molecule has 0 saturated carbocycles. The van der Waals surface area contributed by atoms with E-state index in [-0.39, 0.29) is 0 Å². The molecule has 8 nitrogen and oxygen atoms in total. The zero-order valence-electron chi connectivity index (χ0n) is 13.5. The second-order valence-electron chi connectivity index (χ2n) is 4.98. The molecule has 0 aliphatic carbocycles. The van der Waals surface area contributed by atoms with Crippen molar-refractivity contribution in [2.24, 2.45) is 0 Å². The number of carboxylic acids is 2. The number of carboxylic acid groups (broad SMARTS) is 2. The van der Waals surface area contributed by atoms with Gasteiger partial charge in [-0.05, 0) is 12.1 Å². The number of para-hydroxylation sites is 1. The van der Waals surface area contributed by atoms with Gasteiger partial charge < -0.3 is 25.0 Å². The SMILES string of the molecule is O=C(O)C(=O)O.c1ccc(OCCOCCN2CCNCC2)cc1. The van der Waals surface area contributed by atoms with Crippen LogP contribution < -0.4 is 10.1 Å². The fourth-order valence-corrected chi connectivity index (χ4v) is 1.97. The van der Waals surface area contributed by atoms with E-state index in [1.54, 1.807) is 0 Å². The van der Waals surface area contributed by atoms with Gasteiger partial charge in [0.1, 0.15) is 12.4 Å². The number of hydrogen-bond donors (Lipinski definition) is 3. The van der Waals surface area contributed by atoms with Gasteiger partial charge in [-0.2, -0.15) is 0 Å². The number of benzene rings is 1. The molecule has 2 rings (SSSR count). The fraction of sp³-hybridized carbons (Fsp3) is 0.500. The Morgan fingerprint density at radius 1 is 1.00 bits per heavy atom. The van der Waals surface area contributed by atoms with Crippen LogP contribution in [-0.4, -0.2) is 79.6 Å². The summed E-state index contributed by atoms with van der Waals surface area (Å²) >= 11 is 0. The van der Waals surface area contributed by atoms with E-state index in [1.807, 2.05) is 30.3 Å². The minimum Gasteiger partial charge on any atom is -0.491 e. The minimum absolute atomic E-state index is 0.617. The maximum Gasteiger partial charge on any atom is 0.414 e. The molecular weight excluding hydrogens is 316 g/mol. The van der Waals surface area contributed by atoms with Gasteiger partial charge in [-0.3, -0.25) is 4.90 Å². The molecule has 1 saturated heterocycles. The van der Waals surface area contributed by atoms with Crippen LogP contribution in [0.4, 0.5) is 0 Å². The summed E-state index contributed by atoms with van der Waals surface area (Å²) in [5.74, 6) is -2.74. The highest BCUT2D eigenvalue weighted by Gasteiger charge is 2.08. The van der Waals surface area contributed by atoms with Gasteiger partial charge in [-0.1, -0.05) is 18.2 Å². The topological polar surface area (TPSA) is 108 Å². The molecule has 0 radical (unpaired) electrons. The monoisotopic (exact) mass is 340 g/mol. The summed E-state index contributed by atoms with van der Waals surface area (Å²) in [7, 11) is 0. The van der Waals surface area contributed by atoms with Crippen molar-refractivity contribution in [3.05, 3.63) is 30.3 Å². The lowest BCUT2D eigenvalue weighted by molar-refractivity contribution is -0.159. The van der Waals surface area contributed by atoms with Crippen molar-refractivity contribution >= 4 is 11.9 Å². The Balaban J connectivity index is 0.000000413. The van der Waals surface area contributed by atoms with Gasteiger partial charge in [0.25, 0.3) is 0 Å². The van der Waals surface area contributed by atoms with Crippen LogP contribution in [0, 0.1) is 0 Å². The summed E-state index contributed by atoms with van der Waals surface area (Å²) < 4.78 is 11.1. The summed E-state index contributed by atoms with van der Waals surface area (Å²) in [6, 6.07) is 9.85. The fourth-order valence-electron chi connectivity index (χ4n) is 1.97. The third kappa shape index (κ3) is 9.78. The van der Waals surface area contributed by atoms with E-state index in [0.717, 1.165) is 45.1 Å². The number of carbonyl (C=O) groups is 2. The Hall–Kier alpha value is -2.16. The average Bonchev–Trinajstić information content (AvgIpc) is 2.60. The van der Waals surface area contributed by atoms with E-state index in [1.165, 1.54) is 0 Å². The number of nitrogens with zero attached hydrogens (tertiary/aromatic N) is 1. The van der Waals surface area contributed by atoms with Crippen molar-refractivity contribution < 1.29 is 29.3 Å². The Bertz CT molecular complexity index is 465. The van der Waals surface area contributed by atoms with Crippen LogP contribution in [0.2, 0.25) is 0 Å². The first-order valence-corrected chi connectivity index (χ1v) is 7.74. The van der Waals surface area contributed by atoms with Gasteiger partial charge in [-0.25, -0.2) is 9.59 Å². The lowest BCUT2D eigenvalue weighted by atomic mass is 10.3. The maximum atomic E-state index is 9.10. The Morgan fingerprint density at radius 2 is 1.62 bits per heavy atom. The largest absolute Gasteiger partial charge is 0.491 e. The molecule has 8 heteroatoms. The van der Waals surface area contributed by atoms with Crippen LogP contribution in [0.5, 0.6) is 5.75 Å². The third-order valence-corrected chi connectivity index (χ3v) is 3.18. The van der Waals surface area contributed by atoms with Crippen molar-refractivity contribution in [2.75, 3.05) is 52.5 Å². The first kappa shape index (κ1) is 19.9. The average molecular weight is 340 g/mol. The molecule has 0 spiro atoms. The molecule has 134 valence electrons. The number of rotatable bonds is 7. The molecule has 1 aromatic carbocycles. The molecular formula is C16H24N2O6. The van der Waals surface area contributed by atoms with Crippen molar-refractivity contribution in [3.8, 4) is 5.75 Å². The standard InChI is InChI=1S/C14H22N2O2.C2H2O4/c1-2-4-14(5-3-1)18-13-12-17-11-10-16-8-6-15-7-9-16;3-1(4)2(5)6/h1-5,15H,6-13H2;(H,3,4)(H,5,6). The number of hydrogen-bond acceptors (Lipinski definition) is 6. The number of aliphatic carboxylic acids is 2.